The van der Waals surface area contributed by atoms with Crippen LogP contribution < -0.4 is 0 Å². The Morgan fingerprint density at radius 1 is 1.03 bits per heavy atom. The highest BCUT2D eigenvalue weighted by Crippen LogP contribution is 2.29. The van der Waals surface area contributed by atoms with Gasteiger partial charge in [-0.2, -0.15) is 0 Å². The van der Waals surface area contributed by atoms with Crippen LogP contribution in [0.25, 0.3) is 0 Å². The molecule has 0 amide bonds. The van der Waals surface area contributed by atoms with Crippen molar-refractivity contribution in [3.8, 4) is 0 Å². The van der Waals surface area contributed by atoms with Crippen molar-refractivity contribution in [1.82, 2.24) is 9.80 Å². The molecule has 0 radical (unpaired) electrons. The number of sulfone groups is 1. The lowest BCUT2D eigenvalue weighted by Gasteiger charge is -2.38. The van der Waals surface area contributed by atoms with Crippen molar-refractivity contribution in [3.05, 3.63) is 66.2 Å². The number of likely N-dealkylation sites (tertiary alicyclic amines) is 1. The summed E-state index contributed by atoms with van der Waals surface area (Å²) in [5, 5.41) is 0. The van der Waals surface area contributed by atoms with E-state index in [2.05, 4.69) is 47.2 Å². The SMILES string of the molecule is CN(Cc1ccccc1)C1CCCN(CCCC(C)(C)S(=O)(=O)c2ccccc2)C1. The molecular weight excluding hydrogens is 392 g/mol. The second kappa shape index (κ2) is 10.1. The van der Waals surface area contributed by atoms with Crippen LogP contribution in [0.4, 0.5) is 0 Å². The molecule has 5 heteroatoms. The van der Waals surface area contributed by atoms with Crippen LogP contribution in [0.15, 0.2) is 65.6 Å². The summed E-state index contributed by atoms with van der Waals surface area (Å²) in [6, 6.07) is 20.0. The van der Waals surface area contributed by atoms with Gasteiger partial charge in [0.05, 0.1) is 9.64 Å². The fourth-order valence-electron chi connectivity index (χ4n) is 4.38. The molecule has 0 N–H and O–H groups in total. The van der Waals surface area contributed by atoms with Crippen molar-refractivity contribution in [2.45, 2.75) is 61.8 Å². The van der Waals surface area contributed by atoms with E-state index >= 15 is 0 Å². The van der Waals surface area contributed by atoms with Gasteiger partial charge in [-0.15, -0.1) is 0 Å². The molecule has 0 saturated carbocycles. The van der Waals surface area contributed by atoms with E-state index in [9.17, 15) is 8.42 Å². The van der Waals surface area contributed by atoms with Gasteiger partial charge in [0.2, 0.25) is 0 Å². The minimum absolute atomic E-state index is 0.426. The number of hydrogen-bond donors (Lipinski definition) is 0. The first-order valence-electron chi connectivity index (χ1n) is 11.1. The zero-order valence-electron chi connectivity index (χ0n) is 18.6. The minimum atomic E-state index is -3.33. The quantitative estimate of drug-likeness (QED) is 0.585. The molecule has 0 aromatic heterocycles. The van der Waals surface area contributed by atoms with Crippen LogP contribution in [0.3, 0.4) is 0 Å². The van der Waals surface area contributed by atoms with Gasteiger partial charge >= 0.3 is 0 Å². The molecule has 2 aromatic carbocycles. The Balaban J connectivity index is 1.50. The van der Waals surface area contributed by atoms with Crippen molar-refractivity contribution in [1.29, 1.82) is 0 Å². The van der Waals surface area contributed by atoms with E-state index in [1.165, 1.54) is 18.4 Å². The molecular formula is C25H36N2O2S. The lowest BCUT2D eigenvalue weighted by atomic mass is 10.0. The molecule has 164 valence electrons. The molecule has 0 aliphatic carbocycles. The predicted octanol–water partition coefficient (Wildman–Crippen LogP) is 4.62. The monoisotopic (exact) mass is 428 g/mol. The summed E-state index contributed by atoms with van der Waals surface area (Å²) in [5.74, 6) is 0. The molecule has 1 saturated heterocycles. The van der Waals surface area contributed by atoms with Crippen molar-refractivity contribution >= 4 is 9.84 Å². The van der Waals surface area contributed by atoms with Crippen LogP contribution in [-0.2, 0) is 16.4 Å². The highest BCUT2D eigenvalue weighted by Gasteiger charge is 2.35. The maximum Gasteiger partial charge on any atom is 0.183 e. The molecule has 4 nitrogen and oxygen atoms in total. The van der Waals surface area contributed by atoms with Gasteiger partial charge in [0.1, 0.15) is 0 Å². The Morgan fingerprint density at radius 3 is 2.33 bits per heavy atom. The van der Waals surface area contributed by atoms with Crippen LogP contribution in [0.2, 0.25) is 0 Å². The lowest BCUT2D eigenvalue weighted by Crippen LogP contribution is -2.46. The van der Waals surface area contributed by atoms with Gasteiger partial charge in [-0.3, -0.25) is 4.90 Å². The van der Waals surface area contributed by atoms with Gasteiger partial charge in [-0.05, 0) is 77.4 Å². The normalized spacial score (nSPS) is 18.6. The molecule has 1 unspecified atom stereocenters. The van der Waals surface area contributed by atoms with Gasteiger partial charge in [0.15, 0.2) is 9.84 Å². The molecule has 1 heterocycles. The Bertz CT molecular complexity index is 882. The molecule has 0 bridgehead atoms. The van der Waals surface area contributed by atoms with Gasteiger partial charge in [0.25, 0.3) is 0 Å². The Kier molecular flexibility index (Phi) is 7.72. The summed E-state index contributed by atoms with van der Waals surface area (Å²) >= 11 is 0. The molecule has 30 heavy (non-hydrogen) atoms. The summed E-state index contributed by atoms with van der Waals surface area (Å²) in [6.45, 7) is 7.84. The maximum atomic E-state index is 13.0. The lowest BCUT2D eigenvalue weighted by molar-refractivity contribution is 0.110. The Hall–Kier alpha value is -1.69. The van der Waals surface area contributed by atoms with Gasteiger partial charge in [-0.25, -0.2) is 8.42 Å². The average molecular weight is 429 g/mol. The molecule has 1 fully saturated rings. The summed E-state index contributed by atoms with van der Waals surface area (Å²) in [7, 11) is -1.11. The Labute approximate surface area is 182 Å². The summed E-state index contributed by atoms with van der Waals surface area (Å²) < 4.78 is 25.3. The maximum absolute atomic E-state index is 13.0. The Morgan fingerprint density at radius 2 is 1.67 bits per heavy atom. The smallest absolute Gasteiger partial charge is 0.183 e. The number of rotatable bonds is 9. The van der Waals surface area contributed by atoms with Crippen LogP contribution in [0.5, 0.6) is 0 Å². The fourth-order valence-corrected chi connectivity index (χ4v) is 5.94. The molecule has 1 aliphatic heterocycles. The second-order valence-electron chi connectivity index (χ2n) is 9.18. The number of piperidine rings is 1. The first kappa shape index (κ1) is 23.0. The van der Waals surface area contributed by atoms with Crippen molar-refractivity contribution < 1.29 is 8.42 Å². The highest BCUT2D eigenvalue weighted by atomic mass is 32.2. The molecule has 3 rings (SSSR count). The second-order valence-corrected chi connectivity index (χ2v) is 11.8. The van der Waals surface area contributed by atoms with E-state index in [-0.39, 0.29) is 0 Å². The summed E-state index contributed by atoms with van der Waals surface area (Å²) in [6.07, 6.45) is 4.00. The zero-order valence-corrected chi connectivity index (χ0v) is 19.4. The average Bonchev–Trinajstić information content (AvgIpc) is 2.75. The van der Waals surface area contributed by atoms with Gasteiger partial charge in [0, 0.05) is 19.1 Å². The van der Waals surface area contributed by atoms with Gasteiger partial charge < -0.3 is 4.90 Å². The molecule has 1 aliphatic rings. The minimum Gasteiger partial charge on any atom is -0.302 e. The molecule has 2 aromatic rings. The van der Waals surface area contributed by atoms with Crippen molar-refractivity contribution in [3.63, 3.8) is 0 Å². The van der Waals surface area contributed by atoms with E-state index in [1.54, 1.807) is 24.3 Å². The van der Waals surface area contributed by atoms with Gasteiger partial charge in [-0.1, -0.05) is 48.5 Å². The van der Waals surface area contributed by atoms with Crippen LogP contribution in [0, 0.1) is 0 Å². The zero-order chi connectivity index (χ0) is 21.6. The van der Waals surface area contributed by atoms with Crippen LogP contribution >= 0.6 is 0 Å². The van der Waals surface area contributed by atoms with E-state index in [0.717, 1.165) is 32.6 Å². The van der Waals surface area contributed by atoms with Crippen molar-refractivity contribution in [2.75, 3.05) is 26.7 Å². The third-order valence-electron chi connectivity index (χ3n) is 6.41. The topological polar surface area (TPSA) is 40.6 Å². The standard InChI is InChI=1S/C25H36N2O2S/c1-25(2,30(28,29)24-15-8-5-9-16-24)17-11-19-27-18-10-14-23(21-27)26(3)20-22-12-6-4-7-13-22/h4-9,12-13,15-16,23H,10-11,14,17-21H2,1-3H3. The van der Waals surface area contributed by atoms with E-state index in [1.807, 2.05) is 19.9 Å². The third-order valence-corrected chi connectivity index (χ3v) is 8.96. The largest absolute Gasteiger partial charge is 0.302 e. The number of likely N-dealkylation sites (N-methyl/N-ethyl adjacent to an activating group) is 1. The van der Waals surface area contributed by atoms with E-state index < -0.39 is 14.6 Å². The fraction of sp³-hybridized carbons (Fsp3) is 0.520. The van der Waals surface area contributed by atoms with E-state index in [4.69, 9.17) is 0 Å². The molecule has 0 spiro atoms. The number of nitrogens with zero attached hydrogens (tertiary/aromatic N) is 2. The number of hydrogen-bond acceptors (Lipinski definition) is 4. The first-order chi connectivity index (χ1) is 14.3. The van der Waals surface area contributed by atoms with E-state index in [0.29, 0.717) is 17.4 Å². The first-order valence-corrected chi connectivity index (χ1v) is 12.5. The summed E-state index contributed by atoms with van der Waals surface area (Å²) in [4.78, 5) is 5.40. The predicted molar refractivity (Wildman–Crippen MR) is 124 cm³/mol. The number of benzene rings is 2. The van der Waals surface area contributed by atoms with Crippen molar-refractivity contribution in [2.24, 2.45) is 0 Å². The van der Waals surface area contributed by atoms with Crippen LogP contribution in [0.1, 0.15) is 45.1 Å². The third kappa shape index (κ3) is 5.71. The molecule has 1 atom stereocenters. The highest BCUT2D eigenvalue weighted by molar-refractivity contribution is 7.92. The summed E-state index contributed by atoms with van der Waals surface area (Å²) in [5.41, 5.74) is 1.35. The van der Waals surface area contributed by atoms with Crippen LogP contribution in [-0.4, -0.2) is 55.7 Å².